The molecule has 0 radical (unpaired) electrons. The number of nitrogens with one attached hydrogen (secondary N) is 1. The van der Waals surface area contributed by atoms with Gasteiger partial charge >= 0.3 is 0 Å². The molecule has 1 rings (SSSR count). The summed E-state index contributed by atoms with van der Waals surface area (Å²) in [5.74, 6) is -0.850. The van der Waals surface area contributed by atoms with E-state index in [2.05, 4.69) is 21.2 Å². The van der Waals surface area contributed by atoms with Crippen molar-refractivity contribution in [3.8, 4) is 0 Å². The highest BCUT2D eigenvalue weighted by Gasteiger charge is 2.13. The molecule has 94 valence electrons. The van der Waals surface area contributed by atoms with Gasteiger partial charge in [0.15, 0.2) is 0 Å². The molecule has 17 heavy (non-hydrogen) atoms. The Balaban J connectivity index is 2.79. The van der Waals surface area contributed by atoms with E-state index in [0.29, 0.717) is 11.8 Å². The Bertz CT molecular complexity index is 428. The first-order valence-corrected chi connectivity index (χ1v) is 7.09. The average Bonchev–Trinajstić information content (AvgIpc) is 2.30. The average molecular weight is 321 g/mol. The lowest BCUT2D eigenvalue weighted by molar-refractivity contribution is 0.0954. The van der Waals surface area contributed by atoms with E-state index in [9.17, 15) is 9.18 Å². The minimum absolute atomic E-state index is 0.166. The van der Waals surface area contributed by atoms with Gasteiger partial charge in [0.2, 0.25) is 0 Å². The van der Waals surface area contributed by atoms with Crippen LogP contribution in [0.2, 0.25) is 0 Å². The maximum atomic E-state index is 13.3. The van der Waals surface area contributed by atoms with Gasteiger partial charge in [-0.1, -0.05) is 6.92 Å². The second-order valence-corrected chi connectivity index (χ2v) is 5.74. The Kier molecular flexibility index (Phi) is 5.27. The normalized spacial score (nSPS) is 12.2. The van der Waals surface area contributed by atoms with E-state index in [1.54, 1.807) is 11.8 Å². The van der Waals surface area contributed by atoms with E-state index in [0.717, 1.165) is 6.07 Å². The number of nitrogens with two attached hydrogens (primary N) is 1. The van der Waals surface area contributed by atoms with Gasteiger partial charge in [-0.05, 0) is 34.3 Å². The molecule has 0 heterocycles. The van der Waals surface area contributed by atoms with Crippen LogP contribution in [0.15, 0.2) is 16.6 Å². The highest BCUT2D eigenvalue weighted by Crippen LogP contribution is 2.22. The van der Waals surface area contributed by atoms with Gasteiger partial charge in [0, 0.05) is 17.5 Å². The van der Waals surface area contributed by atoms with Crippen molar-refractivity contribution in [3.05, 3.63) is 28.0 Å². The molecule has 1 aromatic carbocycles. The van der Waals surface area contributed by atoms with Gasteiger partial charge in [-0.25, -0.2) is 4.39 Å². The van der Waals surface area contributed by atoms with Crippen molar-refractivity contribution >= 4 is 39.3 Å². The fourth-order valence-electron chi connectivity index (χ4n) is 1.17. The SMILES string of the molecule is CSC(C)CNC(=O)c1cc(F)c(Br)cc1N. The van der Waals surface area contributed by atoms with E-state index in [1.807, 2.05) is 13.2 Å². The minimum atomic E-state index is -0.498. The van der Waals surface area contributed by atoms with Crippen LogP contribution in [0.1, 0.15) is 17.3 Å². The van der Waals surface area contributed by atoms with E-state index < -0.39 is 5.82 Å². The van der Waals surface area contributed by atoms with Crippen molar-refractivity contribution < 1.29 is 9.18 Å². The molecule has 0 fully saturated rings. The molecule has 6 heteroatoms. The van der Waals surface area contributed by atoms with Gasteiger partial charge in [0.1, 0.15) is 5.82 Å². The Morgan fingerprint density at radius 3 is 2.88 bits per heavy atom. The molecule has 3 N–H and O–H groups in total. The van der Waals surface area contributed by atoms with Crippen LogP contribution in [-0.2, 0) is 0 Å². The lowest BCUT2D eigenvalue weighted by atomic mass is 10.1. The molecule has 1 atom stereocenters. The summed E-state index contributed by atoms with van der Waals surface area (Å²) in [5, 5.41) is 3.02. The lowest BCUT2D eigenvalue weighted by Crippen LogP contribution is -2.30. The van der Waals surface area contributed by atoms with Gasteiger partial charge in [-0.2, -0.15) is 11.8 Å². The number of nitrogen functional groups attached to an aromatic ring is 1. The second kappa shape index (κ2) is 6.26. The van der Waals surface area contributed by atoms with Crippen LogP contribution in [0.3, 0.4) is 0 Å². The molecule has 0 aliphatic rings. The highest BCUT2D eigenvalue weighted by atomic mass is 79.9. The van der Waals surface area contributed by atoms with Gasteiger partial charge < -0.3 is 11.1 Å². The molecule has 0 aliphatic heterocycles. The summed E-state index contributed by atoms with van der Waals surface area (Å²) in [6, 6.07) is 2.53. The Morgan fingerprint density at radius 2 is 2.29 bits per heavy atom. The van der Waals surface area contributed by atoms with E-state index in [4.69, 9.17) is 5.73 Å². The molecule has 0 aliphatic carbocycles. The molecule has 1 amide bonds. The third kappa shape index (κ3) is 3.89. The monoisotopic (exact) mass is 320 g/mol. The van der Waals surface area contributed by atoms with Crippen LogP contribution in [0.25, 0.3) is 0 Å². The van der Waals surface area contributed by atoms with Crippen molar-refractivity contribution in [1.29, 1.82) is 0 Å². The fraction of sp³-hybridized carbons (Fsp3) is 0.364. The quantitative estimate of drug-likeness (QED) is 0.838. The van der Waals surface area contributed by atoms with Crippen molar-refractivity contribution in [2.24, 2.45) is 0 Å². The molecule has 1 aromatic rings. The number of amides is 1. The molecular weight excluding hydrogens is 307 g/mol. The largest absolute Gasteiger partial charge is 0.398 e. The number of carbonyl (C=O) groups excluding carboxylic acids is 1. The Morgan fingerprint density at radius 1 is 1.65 bits per heavy atom. The third-order valence-electron chi connectivity index (χ3n) is 2.29. The van der Waals surface area contributed by atoms with Crippen molar-refractivity contribution in [2.75, 3.05) is 18.5 Å². The predicted octanol–water partition coefficient (Wildman–Crippen LogP) is 2.65. The van der Waals surface area contributed by atoms with Crippen molar-refractivity contribution in [1.82, 2.24) is 5.32 Å². The fourth-order valence-corrected chi connectivity index (χ4v) is 1.78. The van der Waals surface area contributed by atoms with Gasteiger partial charge in [-0.3, -0.25) is 4.79 Å². The van der Waals surface area contributed by atoms with Crippen LogP contribution in [0.5, 0.6) is 0 Å². The number of thioether (sulfide) groups is 1. The Hall–Kier alpha value is -0.750. The summed E-state index contributed by atoms with van der Waals surface area (Å²) < 4.78 is 13.6. The molecule has 0 spiro atoms. The molecule has 3 nitrogen and oxygen atoms in total. The maximum Gasteiger partial charge on any atom is 0.253 e. The molecule has 0 bridgehead atoms. The van der Waals surface area contributed by atoms with E-state index in [-0.39, 0.29) is 21.6 Å². The highest BCUT2D eigenvalue weighted by molar-refractivity contribution is 9.10. The molecule has 1 unspecified atom stereocenters. The van der Waals surface area contributed by atoms with Crippen LogP contribution < -0.4 is 11.1 Å². The first-order valence-electron chi connectivity index (χ1n) is 5.01. The molecule has 0 saturated carbocycles. The minimum Gasteiger partial charge on any atom is -0.398 e. The van der Waals surface area contributed by atoms with Crippen molar-refractivity contribution in [3.63, 3.8) is 0 Å². The lowest BCUT2D eigenvalue weighted by Gasteiger charge is -2.11. The van der Waals surface area contributed by atoms with Gasteiger partial charge in [0.05, 0.1) is 10.0 Å². The van der Waals surface area contributed by atoms with Gasteiger partial charge in [-0.15, -0.1) is 0 Å². The maximum absolute atomic E-state index is 13.3. The third-order valence-corrected chi connectivity index (χ3v) is 3.87. The molecule has 0 saturated heterocycles. The van der Waals surface area contributed by atoms with E-state index in [1.165, 1.54) is 6.07 Å². The summed E-state index contributed by atoms with van der Waals surface area (Å²) in [7, 11) is 0. The van der Waals surface area contributed by atoms with Crippen LogP contribution in [0, 0.1) is 5.82 Å². The molecule has 0 aromatic heterocycles. The summed E-state index contributed by atoms with van der Waals surface area (Å²) in [6.45, 7) is 2.52. The zero-order valence-electron chi connectivity index (χ0n) is 9.59. The van der Waals surface area contributed by atoms with Gasteiger partial charge in [0.25, 0.3) is 5.91 Å². The van der Waals surface area contributed by atoms with Crippen LogP contribution >= 0.6 is 27.7 Å². The standard InChI is InChI=1S/C11H14BrFN2OS/c1-6(17-2)5-15-11(16)7-3-9(13)8(12)4-10(7)14/h3-4,6H,5,14H2,1-2H3,(H,15,16). The summed E-state index contributed by atoms with van der Waals surface area (Å²) in [5.41, 5.74) is 6.09. The number of anilines is 1. The molecular formula is C11H14BrFN2OS. The Labute approximate surface area is 112 Å². The number of rotatable bonds is 4. The first kappa shape index (κ1) is 14.3. The van der Waals surface area contributed by atoms with Crippen LogP contribution in [-0.4, -0.2) is 24.0 Å². The summed E-state index contributed by atoms with van der Waals surface area (Å²) >= 11 is 4.66. The number of benzene rings is 1. The van der Waals surface area contributed by atoms with Crippen LogP contribution in [0.4, 0.5) is 10.1 Å². The van der Waals surface area contributed by atoms with Crippen molar-refractivity contribution in [2.45, 2.75) is 12.2 Å². The first-order chi connectivity index (χ1) is 7.95. The zero-order chi connectivity index (χ0) is 13.0. The number of halogens is 2. The smallest absolute Gasteiger partial charge is 0.253 e. The summed E-state index contributed by atoms with van der Waals surface area (Å²) in [4.78, 5) is 11.8. The number of carbonyl (C=O) groups is 1. The number of hydrogen-bond donors (Lipinski definition) is 2. The van der Waals surface area contributed by atoms with E-state index >= 15 is 0 Å². The number of hydrogen-bond acceptors (Lipinski definition) is 3. The second-order valence-electron chi connectivity index (χ2n) is 3.61. The predicted molar refractivity (Wildman–Crippen MR) is 73.8 cm³/mol. The topological polar surface area (TPSA) is 55.1 Å². The zero-order valence-corrected chi connectivity index (χ0v) is 12.0. The summed E-state index contributed by atoms with van der Waals surface area (Å²) in [6.07, 6.45) is 1.96.